The standard InChI is InChI=1S/C23H31N3O2S/c1-13-5-7-17(25-22(27)21-8-6-15(3)29-21)11-18(13)19-10-16-12-24-14(2)9-20(16)26(4)23(19)28/h9-10,12-13,15,17-18,21H,5-8,11H2,1-4H3,(H,25,27). The van der Waals surface area contributed by atoms with Gasteiger partial charge in [-0.05, 0) is 63.0 Å². The number of pyridine rings is 2. The van der Waals surface area contributed by atoms with E-state index in [0.717, 1.165) is 54.3 Å². The van der Waals surface area contributed by atoms with Crippen LogP contribution >= 0.6 is 11.8 Å². The third-order valence-corrected chi connectivity index (χ3v) is 8.22. The topological polar surface area (TPSA) is 64.0 Å². The molecule has 3 heterocycles. The highest BCUT2D eigenvalue weighted by atomic mass is 32.2. The molecule has 1 aliphatic carbocycles. The second-order valence-electron chi connectivity index (χ2n) is 8.96. The molecule has 29 heavy (non-hydrogen) atoms. The predicted octanol–water partition coefficient (Wildman–Crippen LogP) is 3.91. The van der Waals surface area contributed by atoms with Gasteiger partial charge in [-0.3, -0.25) is 14.6 Å². The SMILES string of the molecule is Cc1cc2c(cn1)cc(C1CC(NC(=O)C3CCC(C)S3)CCC1C)c(=O)n2C. The molecule has 156 valence electrons. The largest absolute Gasteiger partial charge is 0.352 e. The molecule has 0 aromatic carbocycles. The van der Waals surface area contributed by atoms with Crippen LogP contribution in [0.4, 0.5) is 0 Å². The van der Waals surface area contributed by atoms with Crippen molar-refractivity contribution in [1.29, 1.82) is 0 Å². The molecule has 0 bridgehead atoms. The lowest BCUT2D eigenvalue weighted by atomic mass is 9.74. The number of carbonyl (C=O) groups excluding carboxylic acids is 1. The molecule has 0 radical (unpaired) electrons. The van der Waals surface area contributed by atoms with Crippen molar-refractivity contribution in [3.05, 3.63) is 39.9 Å². The van der Waals surface area contributed by atoms with Gasteiger partial charge in [-0.25, -0.2) is 0 Å². The van der Waals surface area contributed by atoms with E-state index in [4.69, 9.17) is 0 Å². The van der Waals surface area contributed by atoms with Crippen molar-refractivity contribution in [3.63, 3.8) is 0 Å². The lowest BCUT2D eigenvalue weighted by Gasteiger charge is -2.35. The van der Waals surface area contributed by atoms with E-state index in [1.165, 1.54) is 0 Å². The van der Waals surface area contributed by atoms with Gasteiger partial charge in [-0.15, -0.1) is 11.8 Å². The van der Waals surface area contributed by atoms with Gasteiger partial charge in [-0.2, -0.15) is 0 Å². The molecular formula is C23H31N3O2S. The molecule has 1 N–H and O–H groups in total. The number of hydrogen-bond donors (Lipinski definition) is 1. The van der Waals surface area contributed by atoms with Crippen molar-refractivity contribution >= 4 is 28.6 Å². The summed E-state index contributed by atoms with van der Waals surface area (Å²) in [7, 11) is 1.85. The minimum atomic E-state index is 0.0760. The summed E-state index contributed by atoms with van der Waals surface area (Å²) in [4.78, 5) is 30.3. The molecule has 1 amide bonds. The molecular weight excluding hydrogens is 382 g/mol. The summed E-state index contributed by atoms with van der Waals surface area (Å²) in [6.45, 7) is 6.37. The number of carbonyl (C=O) groups is 1. The zero-order valence-corrected chi connectivity index (χ0v) is 18.6. The quantitative estimate of drug-likeness (QED) is 0.828. The van der Waals surface area contributed by atoms with E-state index >= 15 is 0 Å². The van der Waals surface area contributed by atoms with Crippen molar-refractivity contribution in [2.24, 2.45) is 13.0 Å². The highest BCUT2D eigenvalue weighted by molar-refractivity contribution is 8.01. The van der Waals surface area contributed by atoms with Crippen LogP contribution in [0.25, 0.3) is 10.9 Å². The van der Waals surface area contributed by atoms with Gasteiger partial charge in [0.2, 0.25) is 5.91 Å². The third-order valence-electron chi connectivity index (χ3n) is 6.74. The monoisotopic (exact) mass is 413 g/mol. The molecule has 2 fully saturated rings. The molecule has 5 atom stereocenters. The molecule has 2 aromatic rings. The van der Waals surface area contributed by atoms with Crippen LogP contribution in [0.5, 0.6) is 0 Å². The predicted molar refractivity (Wildman–Crippen MR) is 119 cm³/mol. The smallest absolute Gasteiger partial charge is 0.254 e. The molecule has 0 spiro atoms. The summed E-state index contributed by atoms with van der Waals surface area (Å²) in [5.74, 6) is 0.768. The Labute approximate surface area is 176 Å². The molecule has 5 nitrogen and oxygen atoms in total. The Morgan fingerprint density at radius 2 is 2.00 bits per heavy atom. The average molecular weight is 414 g/mol. The number of aromatic nitrogens is 2. The lowest BCUT2D eigenvalue weighted by molar-refractivity contribution is -0.121. The summed E-state index contributed by atoms with van der Waals surface area (Å²) in [6.07, 6.45) is 6.80. The maximum Gasteiger partial charge on any atom is 0.254 e. The number of nitrogens with zero attached hydrogens (tertiary/aromatic N) is 2. The van der Waals surface area contributed by atoms with Crippen molar-refractivity contribution in [1.82, 2.24) is 14.9 Å². The molecule has 5 unspecified atom stereocenters. The number of nitrogens with one attached hydrogen (secondary N) is 1. The molecule has 6 heteroatoms. The summed E-state index contributed by atoms with van der Waals surface area (Å²) in [5.41, 5.74) is 2.77. The van der Waals surface area contributed by atoms with Crippen LogP contribution in [0.3, 0.4) is 0 Å². The Kier molecular flexibility index (Phi) is 5.74. The Bertz CT molecular complexity index is 986. The van der Waals surface area contributed by atoms with Gasteiger partial charge in [0.25, 0.3) is 5.56 Å². The third kappa shape index (κ3) is 4.09. The second kappa shape index (κ2) is 8.13. The first kappa shape index (κ1) is 20.5. The number of thioether (sulfide) groups is 1. The van der Waals surface area contributed by atoms with E-state index in [0.29, 0.717) is 11.2 Å². The summed E-state index contributed by atoms with van der Waals surface area (Å²) >= 11 is 1.79. The number of amides is 1. The summed E-state index contributed by atoms with van der Waals surface area (Å²) in [5, 5.41) is 4.96. The molecule has 1 saturated carbocycles. The minimum Gasteiger partial charge on any atom is -0.352 e. The van der Waals surface area contributed by atoms with Gasteiger partial charge < -0.3 is 9.88 Å². The van der Waals surface area contributed by atoms with Gasteiger partial charge in [0, 0.05) is 41.2 Å². The number of rotatable bonds is 3. The number of hydrogen-bond acceptors (Lipinski definition) is 4. The zero-order valence-electron chi connectivity index (χ0n) is 17.8. The van der Waals surface area contributed by atoms with Gasteiger partial charge in [0.05, 0.1) is 10.8 Å². The van der Waals surface area contributed by atoms with Crippen LogP contribution in [-0.2, 0) is 11.8 Å². The fraction of sp³-hybridized carbons (Fsp3) is 0.609. The minimum absolute atomic E-state index is 0.0760. The van der Waals surface area contributed by atoms with E-state index < -0.39 is 0 Å². The van der Waals surface area contributed by atoms with E-state index in [2.05, 4.69) is 24.1 Å². The molecule has 2 aromatic heterocycles. The normalized spacial score (nSPS) is 29.9. The average Bonchev–Trinajstić information content (AvgIpc) is 3.13. The number of aryl methyl sites for hydroxylation is 2. The first-order valence-corrected chi connectivity index (χ1v) is 11.7. The van der Waals surface area contributed by atoms with Crippen molar-refractivity contribution < 1.29 is 4.79 Å². The summed E-state index contributed by atoms with van der Waals surface area (Å²) in [6, 6.07) is 4.15. The molecule has 4 rings (SSSR count). The Morgan fingerprint density at radius 3 is 2.72 bits per heavy atom. The number of fused-ring (bicyclic) bond motifs is 1. The fourth-order valence-electron chi connectivity index (χ4n) is 4.93. The second-order valence-corrected chi connectivity index (χ2v) is 10.6. The van der Waals surface area contributed by atoms with Crippen molar-refractivity contribution in [2.45, 2.75) is 75.3 Å². The van der Waals surface area contributed by atoms with Gasteiger partial charge in [-0.1, -0.05) is 13.8 Å². The van der Waals surface area contributed by atoms with Crippen LogP contribution < -0.4 is 10.9 Å². The Balaban J connectivity index is 1.57. The maximum absolute atomic E-state index is 13.2. The molecule has 1 aliphatic heterocycles. The zero-order chi connectivity index (χ0) is 20.7. The van der Waals surface area contributed by atoms with Crippen LogP contribution in [-0.4, -0.2) is 32.0 Å². The first-order valence-electron chi connectivity index (χ1n) is 10.8. The highest BCUT2D eigenvalue weighted by Gasteiger charge is 2.34. The van der Waals surface area contributed by atoms with Gasteiger partial charge in [0.1, 0.15) is 0 Å². The first-order chi connectivity index (χ1) is 13.8. The van der Waals surface area contributed by atoms with Gasteiger partial charge >= 0.3 is 0 Å². The maximum atomic E-state index is 13.2. The van der Waals surface area contributed by atoms with E-state index in [1.807, 2.05) is 32.3 Å². The van der Waals surface area contributed by atoms with Crippen molar-refractivity contribution in [3.8, 4) is 0 Å². The Hall–Kier alpha value is -1.82. The van der Waals surface area contributed by atoms with Crippen LogP contribution in [0.1, 0.15) is 63.1 Å². The molecule has 1 saturated heterocycles. The van der Waals surface area contributed by atoms with E-state index in [9.17, 15) is 9.59 Å². The fourth-order valence-corrected chi connectivity index (χ4v) is 6.23. The van der Waals surface area contributed by atoms with Crippen molar-refractivity contribution in [2.75, 3.05) is 0 Å². The van der Waals surface area contributed by atoms with Crippen LogP contribution in [0.2, 0.25) is 0 Å². The van der Waals surface area contributed by atoms with Gasteiger partial charge in [0.15, 0.2) is 0 Å². The highest BCUT2D eigenvalue weighted by Crippen LogP contribution is 2.38. The van der Waals surface area contributed by atoms with Crippen LogP contribution in [0.15, 0.2) is 23.1 Å². The van der Waals surface area contributed by atoms with E-state index in [1.54, 1.807) is 16.3 Å². The van der Waals surface area contributed by atoms with E-state index in [-0.39, 0.29) is 28.7 Å². The molecule has 2 aliphatic rings. The summed E-state index contributed by atoms with van der Waals surface area (Å²) < 4.78 is 1.75. The van der Waals surface area contributed by atoms with Crippen LogP contribution in [0, 0.1) is 12.8 Å². The lowest BCUT2D eigenvalue weighted by Crippen LogP contribution is -2.43. The Morgan fingerprint density at radius 1 is 1.21 bits per heavy atom.